The van der Waals surface area contributed by atoms with Crippen molar-refractivity contribution in [1.29, 1.82) is 0 Å². The van der Waals surface area contributed by atoms with Gasteiger partial charge in [-0.2, -0.15) is 0 Å². The Morgan fingerprint density at radius 3 is 2.52 bits per heavy atom. The lowest BCUT2D eigenvalue weighted by Gasteiger charge is -2.44. The van der Waals surface area contributed by atoms with Crippen LogP contribution in [0, 0.1) is 0 Å². The molecule has 2 aromatic rings. The molecule has 0 aliphatic heterocycles. The van der Waals surface area contributed by atoms with Crippen LogP contribution in [0.4, 0.5) is 0 Å². The number of aryl methyl sites for hydroxylation is 1. The van der Waals surface area contributed by atoms with Gasteiger partial charge in [-0.15, -0.1) is 0 Å². The molecule has 4 rings (SSSR count). The number of carbonyl (C=O) groups is 1. The van der Waals surface area contributed by atoms with Gasteiger partial charge in [-0.3, -0.25) is 4.79 Å². The van der Waals surface area contributed by atoms with E-state index in [9.17, 15) is 4.79 Å². The zero-order valence-electron chi connectivity index (χ0n) is 16.3. The smallest absolute Gasteiger partial charge is 0.162 e. The molecule has 1 fully saturated rings. The van der Waals surface area contributed by atoms with Crippen molar-refractivity contribution in [2.75, 3.05) is 6.54 Å². The van der Waals surface area contributed by atoms with E-state index in [1.807, 2.05) is 30.3 Å². The topological polar surface area (TPSA) is 29.1 Å². The highest BCUT2D eigenvalue weighted by Gasteiger charge is 2.39. The van der Waals surface area contributed by atoms with Crippen LogP contribution < -0.4 is 5.32 Å². The van der Waals surface area contributed by atoms with E-state index in [2.05, 4.69) is 29.6 Å². The molecule has 0 radical (unpaired) electrons. The lowest BCUT2D eigenvalue weighted by atomic mass is 9.62. The molecule has 2 heteroatoms. The summed E-state index contributed by atoms with van der Waals surface area (Å²) >= 11 is 0. The summed E-state index contributed by atoms with van der Waals surface area (Å²) in [5, 5.41) is 3.72. The van der Waals surface area contributed by atoms with Crippen LogP contribution in [0.2, 0.25) is 0 Å². The zero-order chi connectivity index (χ0) is 18.5. The van der Waals surface area contributed by atoms with Gasteiger partial charge in [0.2, 0.25) is 0 Å². The van der Waals surface area contributed by atoms with Gasteiger partial charge >= 0.3 is 0 Å². The Hall–Kier alpha value is -1.93. The number of rotatable bonds is 6. The van der Waals surface area contributed by atoms with Gasteiger partial charge in [-0.25, -0.2) is 0 Å². The lowest BCUT2D eigenvalue weighted by Crippen LogP contribution is -2.41. The van der Waals surface area contributed by atoms with Crippen LogP contribution in [0.3, 0.4) is 0 Å². The minimum atomic E-state index is 0.263. The van der Waals surface area contributed by atoms with Gasteiger partial charge in [0.15, 0.2) is 5.78 Å². The highest BCUT2D eigenvalue weighted by Crippen LogP contribution is 2.47. The first-order valence-electron chi connectivity index (χ1n) is 10.7. The SMILES string of the molecule is O=C(CCCNC1CCC2(CCCc3ccccc32)CC1)c1ccccc1. The molecule has 0 atom stereocenters. The summed E-state index contributed by atoms with van der Waals surface area (Å²) < 4.78 is 0. The Kier molecular flexibility index (Phi) is 5.73. The van der Waals surface area contributed by atoms with Crippen molar-refractivity contribution in [3.63, 3.8) is 0 Å². The number of Topliss-reactive ketones (excluding diaryl/α,β-unsaturated/α-hetero) is 1. The van der Waals surface area contributed by atoms with Crippen molar-refractivity contribution >= 4 is 5.78 Å². The molecule has 0 amide bonds. The van der Waals surface area contributed by atoms with Crippen molar-refractivity contribution in [2.45, 2.75) is 69.2 Å². The maximum Gasteiger partial charge on any atom is 0.162 e. The molecular formula is C25H31NO. The Morgan fingerprint density at radius 1 is 0.963 bits per heavy atom. The Labute approximate surface area is 163 Å². The monoisotopic (exact) mass is 361 g/mol. The van der Waals surface area contributed by atoms with Crippen molar-refractivity contribution < 1.29 is 4.79 Å². The predicted molar refractivity (Wildman–Crippen MR) is 111 cm³/mol. The summed E-state index contributed by atoms with van der Waals surface area (Å²) in [5.74, 6) is 0.263. The number of benzene rings is 2. The molecule has 2 aromatic carbocycles. The van der Waals surface area contributed by atoms with Gasteiger partial charge in [-0.1, -0.05) is 54.6 Å². The first-order valence-corrected chi connectivity index (χ1v) is 10.7. The standard InChI is InChI=1S/C25H31NO/c27-24(21-9-2-1-3-10-21)13-7-19-26-22-14-17-25(18-15-22)16-6-11-20-8-4-5-12-23(20)25/h1-5,8-10,12,22,26H,6-7,11,13-19H2. The molecule has 1 spiro atoms. The average Bonchev–Trinajstić information content (AvgIpc) is 2.73. The van der Waals surface area contributed by atoms with E-state index in [1.54, 1.807) is 11.1 Å². The Bertz CT molecular complexity index is 759. The van der Waals surface area contributed by atoms with E-state index in [0.717, 1.165) is 18.5 Å². The predicted octanol–water partition coefficient (Wildman–Crippen LogP) is 5.46. The van der Waals surface area contributed by atoms with Crippen LogP contribution in [-0.2, 0) is 11.8 Å². The molecule has 0 aromatic heterocycles. The first-order chi connectivity index (χ1) is 13.3. The van der Waals surface area contributed by atoms with Crippen molar-refractivity contribution in [2.24, 2.45) is 0 Å². The van der Waals surface area contributed by atoms with E-state index in [4.69, 9.17) is 0 Å². The van der Waals surface area contributed by atoms with Crippen LogP contribution in [0.15, 0.2) is 54.6 Å². The second-order valence-electron chi connectivity index (χ2n) is 8.41. The summed E-state index contributed by atoms with van der Waals surface area (Å²) in [4.78, 5) is 12.2. The number of carbonyl (C=O) groups excluding carboxylic acids is 1. The third-order valence-electron chi connectivity index (χ3n) is 6.74. The van der Waals surface area contributed by atoms with Crippen LogP contribution >= 0.6 is 0 Å². The van der Waals surface area contributed by atoms with Crippen molar-refractivity contribution in [3.05, 3.63) is 71.3 Å². The van der Waals surface area contributed by atoms with Gasteiger partial charge in [-0.05, 0) is 74.5 Å². The van der Waals surface area contributed by atoms with E-state index in [0.29, 0.717) is 17.9 Å². The maximum absolute atomic E-state index is 12.2. The van der Waals surface area contributed by atoms with Crippen molar-refractivity contribution in [3.8, 4) is 0 Å². The highest BCUT2D eigenvalue weighted by molar-refractivity contribution is 5.95. The molecule has 1 saturated carbocycles. The second-order valence-corrected chi connectivity index (χ2v) is 8.41. The fourth-order valence-corrected chi connectivity index (χ4v) is 5.22. The second kappa shape index (κ2) is 8.39. The zero-order valence-corrected chi connectivity index (χ0v) is 16.3. The van der Waals surface area contributed by atoms with Gasteiger partial charge in [0.05, 0.1) is 0 Å². The van der Waals surface area contributed by atoms with E-state index < -0.39 is 0 Å². The summed E-state index contributed by atoms with van der Waals surface area (Å²) in [6, 6.07) is 19.4. The maximum atomic E-state index is 12.2. The Balaban J connectivity index is 1.23. The fraction of sp³-hybridized carbons (Fsp3) is 0.480. The van der Waals surface area contributed by atoms with Crippen LogP contribution in [-0.4, -0.2) is 18.4 Å². The molecule has 2 aliphatic carbocycles. The molecule has 0 saturated heterocycles. The minimum absolute atomic E-state index is 0.263. The van der Waals surface area contributed by atoms with E-state index in [-0.39, 0.29) is 5.78 Å². The number of ketones is 1. The van der Waals surface area contributed by atoms with E-state index in [1.165, 1.54) is 44.9 Å². The van der Waals surface area contributed by atoms with Gasteiger partial charge in [0.1, 0.15) is 0 Å². The number of hydrogen-bond donors (Lipinski definition) is 1. The summed E-state index contributed by atoms with van der Waals surface area (Å²) in [5.41, 5.74) is 4.52. The molecule has 0 bridgehead atoms. The minimum Gasteiger partial charge on any atom is -0.314 e. The fourth-order valence-electron chi connectivity index (χ4n) is 5.22. The molecule has 1 N–H and O–H groups in total. The summed E-state index contributed by atoms with van der Waals surface area (Å²) in [6.45, 7) is 0.951. The molecule has 27 heavy (non-hydrogen) atoms. The molecule has 0 heterocycles. The number of hydrogen-bond acceptors (Lipinski definition) is 2. The van der Waals surface area contributed by atoms with Gasteiger partial charge in [0.25, 0.3) is 0 Å². The quantitative estimate of drug-likeness (QED) is 0.547. The van der Waals surface area contributed by atoms with Crippen LogP contribution in [0.5, 0.6) is 0 Å². The first kappa shape index (κ1) is 18.4. The van der Waals surface area contributed by atoms with Crippen molar-refractivity contribution in [1.82, 2.24) is 5.32 Å². The molecule has 0 unspecified atom stereocenters. The normalized spacial score (nSPS) is 24.5. The summed E-state index contributed by atoms with van der Waals surface area (Å²) in [7, 11) is 0. The molecule has 2 nitrogen and oxygen atoms in total. The van der Waals surface area contributed by atoms with Gasteiger partial charge in [0, 0.05) is 18.0 Å². The third-order valence-corrected chi connectivity index (χ3v) is 6.74. The van der Waals surface area contributed by atoms with Gasteiger partial charge < -0.3 is 5.32 Å². The average molecular weight is 362 g/mol. The van der Waals surface area contributed by atoms with Crippen LogP contribution in [0.25, 0.3) is 0 Å². The number of nitrogens with one attached hydrogen (secondary N) is 1. The molecular weight excluding hydrogens is 330 g/mol. The lowest BCUT2D eigenvalue weighted by molar-refractivity contribution is 0.0979. The molecule has 142 valence electrons. The Morgan fingerprint density at radius 2 is 1.70 bits per heavy atom. The van der Waals surface area contributed by atoms with Crippen LogP contribution in [0.1, 0.15) is 72.9 Å². The third kappa shape index (κ3) is 4.16. The highest BCUT2D eigenvalue weighted by atomic mass is 16.1. The number of fused-ring (bicyclic) bond motifs is 2. The molecule has 2 aliphatic rings. The van der Waals surface area contributed by atoms with E-state index >= 15 is 0 Å². The summed E-state index contributed by atoms with van der Waals surface area (Å²) in [6.07, 6.45) is 10.7. The largest absolute Gasteiger partial charge is 0.314 e.